The number of rotatable bonds is 17. The van der Waals surface area contributed by atoms with Gasteiger partial charge in [0.25, 0.3) is 0 Å². The minimum atomic E-state index is -0.590. The largest absolute Gasteiger partial charge is 0.236 e. The standard InChI is InChI=1S/C50H84O4/c1-22-38(24-23-31-51-54-48(18,19)42-34-49(20,45(10,11)12)29-30-50(42,21)46(13,14)15)32-36(2)25-26-37(3)35-52-53-47(16,17)41-33-39(43(4,5)6)27-28-40(41)44(7,8)9/h1,27-30,33-34,36-38H,23-26,31-32,35H2,2-21H3. The Morgan fingerprint density at radius 2 is 1.24 bits per heavy atom. The van der Waals surface area contributed by atoms with E-state index in [1.807, 2.05) is 0 Å². The molecule has 0 aromatic heterocycles. The third-order valence-electron chi connectivity index (χ3n) is 12.7. The highest BCUT2D eigenvalue weighted by molar-refractivity contribution is 5.42. The smallest absolute Gasteiger partial charge is 0.123 e. The molecular weight excluding hydrogens is 665 g/mol. The summed E-state index contributed by atoms with van der Waals surface area (Å²) in [4.78, 5) is 24.4. The third kappa shape index (κ3) is 12.6. The maximum absolute atomic E-state index is 6.27. The summed E-state index contributed by atoms with van der Waals surface area (Å²) in [6.45, 7) is 46.2. The highest BCUT2D eigenvalue weighted by Crippen LogP contribution is 2.57. The second-order valence-electron chi connectivity index (χ2n) is 22.5. The molecule has 1 aromatic rings. The minimum absolute atomic E-state index is 0.00179. The second-order valence-corrected chi connectivity index (χ2v) is 22.5. The van der Waals surface area contributed by atoms with Gasteiger partial charge in [0.1, 0.15) is 11.2 Å². The molecule has 1 aromatic carbocycles. The van der Waals surface area contributed by atoms with Crippen LogP contribution in [0.3, 0.4) is 0 Å². The molecule has 5 unspecified atom stereocenters. The average molecular weight is 749 g/mol. The molecule has 308 valence electrons. The molecule has 0 fully saturated rings. The minimum Gasteiger partial charge on any atom is -0.236 e. The molecule has 0 bridgehead atoms. The Balaban J connectivity index is 1.88. The first-order chi connectivity index (χ1) is 24.3. The fourth-order valence-electron chi connectivity index (χ4n) is 7.50. The summed E-state index contributed by atoms with van der Waals surface area (Å²) in [6, 6.07) is 6.85. The number of hydrogen-bond acceptors (Lipinski definition) is 4. The van der Waals surface area contributed by atoms with E-state index in [0.29, 0.717) is 25.0 Å². The van der Waals surface area contributed by atoms with E-state index in [1.165, 1.54) is 22.3 Å². The van der Waals surface area contributed by atoms with E-state index in [1.54, 1.807) is 0 Å². The lowest BCUT2D eigenvalue weighted by Gasteiger charge is -2.52. The van der Waals surface area contributed by atoms with E-state index in [9.17, 15) is 0 Å². The van der Waals surface area contributed by atoms with Gasteiger partial charge in [-0.05, 0) is 109 Å². The second kappa shape index (κ2) is 17.7. The summed E-state index contributed by atoms with van der Waals surface area (Å²) in [5.41, 5.74) is 3.77. The molecule has 5 atom stereocenters. The number of benzene rings is 1. The van der Waals surface area contributed by atoms with Crippen LogP contribution < -0.4 is 0 Å². The van der Waals surface area contributed by atoms with Crippen molar-refractivity contribution in [1.82, 2.24) is 0 Å². The van der Waals surface area contributed by atoms with Crippen molar-refractivity contribution in [2.75, 3.05) is 13.2 Å². The number of terminal acetylenes is 1. The van der Waals surface area contributed by atoms with Crippen LogP contribution in [-0.2, 0) is 36.0 Å². The average Bonchev–Trinajstić information content (AvgIpc) is 3.02. The van der Waals surface area contributed by atoms with Crippen molar-refractivity contribution in [2.24, 2.45) is 39.4 Å². The third-order valence-corrected chi connectivity index (χ3v) is 12.7. The topological polar surface area (TPSA) is 36.9 Å². The van der Waals surface area contributed by atoms with Crippen LogP contribution in [0.2, 0.25) is 0 Å². The van der Waals surface area contributed by atoms with Gasteiger partial charge in [0.15, 0.2) is 0 Å². The molecule has 2 rings (SSSR count). The molecule has 4 heteroatoms. The molecule has 1 aliphatic rings. The van der Waals surface area contributed by atoms with Gasteiger partial charge < -0.3 is 0 Å². The maximum Gasteiger partial charge on any atom is 0.123 e. The Morgan fingerprint density at radius 3 is 1.76 bits per heavy atom. The Morgan fingerprint density at radius 1 is 0.667 bits per heavy atom. The van der Waals surface area contributed by atoms with Crippen molar-refractivity contribution < 1.29 is 19.6 Å². The van der Waals surface area contributed by atoms with Crippen molar-refractivity contribution in [3.05, 3.63) is 58.7 Å². The fourth-order valence-corrected chi connectivity index (χ4v) is 7.50. The van der Waals surface area contributed by atoms with E-state index in [0.717, 1.165) is 32.1 Å². The van der Waals surface area contributed by atoms with Crippen LogP contribution in [-0.4, -0.2) is 18.8 Å². The quantitative estimate of drug-likeness (QED) is 0.0523. The Labute approximate surface area is 334 Å². The monoisotopic (exact) mass is 749 g/mol. The van der Waals surface area contributed by atoms with Crippen LogP contribution in [0.25, 0.3) is 0 Å². The van der Waals surface area contributed by atoms with Gasteiger partial charge in [-0.15, -0.1) is 12.3 Å². The lowest BCUT2D eigenvalue weighted by molar-refractivity contribution is -0.363. The van der Waals surface area contributed by atoms with E-state index in [2.05, 4.69) is 181 Å². The van der Waals surface area contributed by atoms with Crippen LogP contribution in [0, 0.1) is 51.8 Å². The van der Waals surface area contributed by atoms with Crippen LogP contribution in [0.5, 0.6) is 0 Å². The predicted octanol–water partition coefficient (Wildman–Crippen LogP) is 14.3. The van der Waals surface area contributed by atoms with Gasteiger partial charge in [-0.25, -0.2) is 19.6 Å². The molecule has 54 heavy (non-hydrogen) atoms. The number of allylic oxidation sites excluding steroid dienone is 3. The molecule has 0 spiro atoms. The zero-order valence-electron chi connectivity index (χ0n) is 38.9. The first-order valence-corrected chi connectivity index (χ1v) is 21.0. The molecule has 1 aliphatic carbocycles. The molecular formula is C50H84O4. The van der Waals surface area contributed by atoms with Gasteiger partial charge in [0.2, 0.25) is 0 Å². The van der Waals surface area contributed by atoms with E-state index < -0.39 is 11.2 Å². The van der Waals surface area contributed by atoms with Crippen molar-refractivity contribution in [2.45, 2.75) is 193 Å². The number of hydrogen-bond donors (Lipinski definition) is 0. The Hall–Kier alpha value is -1.90. The zero-order valence-corrected chi connectivity index (χ0v) is 38.9. The van der Waals surface area contributed by atoms with Gasteiger partial charge >= 0.3 is 0 Å². The summed E-state index contributed by atoms with van der Waals surface area (Å²) in [5.74, 6) is 4.18. The SMILES string of the molecule is C#CC(CCCOOC(C)(C)C1=CC(C)(C(C)(C)C)C=CC1(C)C(C)(C)C)CC(C)CCC(C)COOC(C)(C)c1cc(C(C)(C)C)ccc1C(C)(C)C. The van der Waals surface area contributed by atoms with Crippen LogP contribution in [0.4, 0.5) is 0 Å². The highest BCUT2D eigenvalue weighted by atomic mass is 17.2. The van der Waals surface area contributed by atoms with E-state index in [4.69, 9.17) is 26.0 Å². The summed E-state index contributed by atoms with van der Waals surface area (Å²) in [5, 5.41) is 0. The zero-order chi connectivity index (χ0) is 41.8. The first kappa shape index (κ1) is 48.2. The molecule has 0 radical (unpaired) electrons. The molecule has 0 N–H and O–H groups in total. The summed E-state index contributed by atoms with van der Waals surface area (Å²) >= 11 is 0. The van der Waals surface area contributed by atoms with E-state index >= 15 is 0 Å². The molecule has 4 nitrogen and oxygen atoms in total. The molecule has 0 saturated carbocycles. The van der Waals surface area contributed by atoms with Gasteiger partial charge in [-0.2, -0.15) is 0 Å². The summed E-state index contributed by atoms with van der Waals surface area (Å²) in [7, 11) is 0. The molecule has 0 heterocycles. The highest BCUT2D eigenvalue weighted by Gasteiger charge is 2.50. The lowest BCUT2D eigenvalue weighted by Crippen LogP contribution is -2.47. The predicted molar refractivity (Wildman–Crippen MR) is 231 cm³/mol. The van der Waals surface area contributed by atoms with Crippen molar-refractivity contribution >= 4 is 0 Å². The van der Waals surface area contributed by atoms with Crippen molar-refractivity contribution in [3.63, 3.8) is 0 Å². The fraction of sp³-hybridized carbons (Fsp3) is 0.760. The van der Waals surface area contributed by atoms with Gasteiger partial charge in [-0.1, -0.05) is 154 Å². The molecule has 0 amide bonds. The van der Waals surface area contributed by atoms with Crippen LogP contribution in [0.15, 0.2) is 42.0 Å². The van der Waals surface area contributed by atoms with E-state index in [-0.39, 0.29) is 38.4 Å². The van der Waals surface area contributed by atoms with Crippen LogP contribution >= 0.6 is 0 Å². The van der Waals surface area contributed by atoms with Gasteiger partial charge in [-0.3, -0.25) is 0 Å². The Kier molecular flexibility index (Phi) is 15.8. The van der Waals surface area contributed by atoms with Gasteiger partial charge in [0, 0.05) is 16.7 Å². The summed E-state index contributed by atoms with van der Waals surface area (Å²) < 4.78 is 0. The van der Waals surface area contributed by atoms with Crippen molar-refractivity contribution in [1.29, 1.82) is 0 Å². The molecule has 0 saturated heterocycles. The molecule has 0 aliphatic heterocycles. The summed E-state index contributed by atoms with van der Waals surface area (Å²) in [6.07, 6.45) is 18.3. The van der Waals surface area contributed by atoms with Crippen LogP contribution in [0.1, 0.15) is 187 Å². The van der Waals surface area contributed by atoms with Gasteiger partial charge in [0.05, 0.1) is 13.2 Å². The first-order valence-electron chi connectivity index (χ1n) is 21.0. The lowest BCUT2D eigenvalue weighted by atomic mass is 9.53. The maximum atomic E-state index is 6.27. The normalized spacial score (nSPS) is 22.1. The Bertz CT molecular complexity index is 1460. The van der Waals surface area contributed by atoms with Crippen molar-refractivity contribution in [3.8, 4) is 12.3 Å².